The summed E-state index contributed by atoms with van der Waals surface area (Å²) in [6, 6.07) is 13.5. The highest BCUT2D eigenvalue weighted by molar-refractivity contribution is 9.10. The van der Waals surface area contributed by atoms with Crippen LogP contribution < -0.4 is 4.72 Å². The van der Waals surface area contributed by atoms with Gasteiger partial charge in [-0.3, -0.25) is 4.79 Å². The van der Waals surface area contributed by atoms with Crippen LogP contribution in [0.4, 0.5) is 0 Å². The lowest BCUT2D eigenvalue weighted by atomic mass is 9.93. The highest BCUT2D eigenvalue weighted by Gasteiger charge is 2.33. The minimum atomic E-state index is -3.78. The third kappa shape index (κ3) is 5.47. The van der Waals surface area contributed by atoms with E-state index in [1.807, 2.05) is 36.1 Å². The zero-order chi connectivity index (χ0) is 21.0. The molecule has 1 heterocycles. The van der Waals surface area contributed by atoms with Gasteiger partial charge in [0, 0.05) is 17.6 Å². The molecule has 0 aliphatic carbocycles. The van der Waals surface area contributed by atoms with Gasteiger partial charge < -0.3 is 4.90 Å². The van der Waals surface area contributed by atoms with Crippen molar-refractivity contribution in [3.63, 3.8) is 0 Å². The molecule has 2 aromatic carbocycles. The largest absolute Gasteiger partial charge is 0.342 e. The maximum atomic E-state index is 13.1. The molecule has 1 aliphatic heterocycles. The van der Waals surface area contributed by atoms with Crippen LogP contribution in [0.3, 0.4) is 0 Å². The summed E-state index contributed by atoms with van der Waals surface area (Å²) in [5.41, 5.74) is 1.75. The van der Waals surface area contributed by atoms with Gasteiger partial charge in [-0.05, 0) is 56.0 Å². The van der Waals surface area contributed by atoms with Crippen LogP contribution >= 0.6 is 15.9 Å². The predicted octanol–water partition coefficient (Wildman–Crippen LogP) is 4.43. The topological polar surface area (TPSA) is 66.5 Å². The molecule has 0 radical (unpaired) electrons. The molecule has 0 bridgehead atoms. The van der Waals surface area contributed by atoms with E-state index < -0.39 is 22.0 Å². The summed E-state index contributed by atoms with van der Waals surface area (Å²) in [5.74, 6) is -0.529. The molecule has 2 atom stereocenters. The molecule has 1 N–H and O–H groups in total. The quantitative estimate of drug-likeness (QED) is 0.667. The van der Waals surface area contributed by atoms with Gasteiger partial charge >= 0.3 is 0 Å². The molecule has 1 saturated heterocycles. The van der Waals surface area contributed by atoms with E-state index in [2.05, 4.69) is 20.7 Å². The highest BCUT2D eigenvalue weighted by Crippen LogP contribution is 2.28. The van der Waals surface area contributed by atoms with Crippen LogP contribution in [-0.2, 0) is 14.8 Å². The molecule has 3 rings (SSSR count). The van der Waals surface area contributed by atoms with Crippen molar-refractivity contribution in [1.82, 2.24) is 9.62 Å². The van der Waals surface area contributed by atoms with Gasteiger partial charge in [-0.25, -0.2) is 13.1 Å². The Morgan fingerprint density at radius 1 is 1.00 bits per heavy atom. The maximum absolute atomic E-state index is 13.1. The van der Waals surface area contributed by atoms with Gasteiger partial charge in [0.2, 0.25) is 15.9 Å². The van der Waals surface area contributed by atoms with Crippen molar-refractivity contribution >= 4 is 31.9 Å². The van der Waals surface area contributed by atoms with E-state index in [0.717, 1.165) is 48.0 Å². The molecule has 0 saturated carbocycles. The van der Waals surface area contributed by atoms with Crippen LogP contribution in [0.1, 0.15) is 43.4 Å². The number of piperidine rings is 1. The summed E-state index contributed by atoms with van der Waals surface area (Å²) in [5, 5.41) is 0. The minimum Gasteiger partial charge on any atom is -0.342 e. The van der Waals surface area contributed by atoms with Crippen molar-refractivity contribution in [3.8, 4) is 0 Å². The van der Waals surface area contributed by atoms with Crippen LogP contribution in [-0.4, -0.2) is 32.3 Å². The second kappa shape index (κ2) is 9.41. The van der Waals surface area contributed by atoms with Gasteiger partial charge in [0.15, 0.2) is 0 Å². The first kappa shape index (κ1) is 22.0. The Kier molecular flexibility index (Phi) is 7.14. The predicted molar refractivity (Wildman–Crippen MR) is 118 cm³/mol. The smallest absolute Gasteiger partial charge is 0.241 e. The first-order valence-corrected chi connectivity index (χ1v) is 12.2. The lowest BCUT2D eigenvalue weighted by Crippen LogP contribution is -2.44. The van der Waals surface area contributed by atoms with Crippen LogP contribution in [0.25, 0.3) is 0 Å². The number of nitrogens with one attached hydrogen (secondary N) is 1. The molecule has 1 aliphatic rings. The number of hydrogen-bond donors (Lipinski definition) is 1. The number of likely N-dealkylation sites (tertiary alicyclic amines) is 1. The molecule has 1 fully saturated rings. The van der Waals surface area contributed by atoms with Crippen molar-refractivity contribution in [1.29, 1.82) is 0 Å². The third-order valence-corrected chi connectivity index (χ3v) is 7.39. The summed E-state index contributed by atoms with van der Waals surface area (Å²) < 4.78 is 29.8. The van der Waals surface area contributed by atoms with Gasteiger partial charge in [-0.15, -0.1) is 0 Å². The van der Waals surface area contributed by atoms with E-state index in [0.29, 0.717) is 0 Å². The average molecular weight is 479 g/mol. The van der Waals surface area contributed by atoms with Crippen molar-refractivity contribution in [3.05, 3.63) is 64.1 Å². The fourth-order valence-electron chi connectivity index (χ4n) is 3.63. The number of amides is 1. The second-order valence-electron chi connectivity index (χ2n) is 7.64. The fraction of sp³-hybridized carbons (Fsp3) is 0.409. The van der Waals surface area contributed by atoms with Crippen molar-refractivity contribution < 1.29 is 13.2 Å². The van der Waals surface area contributed by atoms with E-state index in [4.69, 9.17) is 0 Å². The normalized spacial score (nSPS) is 17.0. The Hall–Kier alpha value is -1.70. The summed E-state index contributed by atoms with van der Waals surface area (Å²) in [6.45, 7) is 5.19. The molecule has 0 spiro atoms. The van der Waals surface area contributed by atoms with Gasteiger partial charge in [0.05, 0.1) is 16.9 Å². The van der Waals surface area contributed by atoms with Gasteiger partial charge in [-0.1, -0.05) is 52.7 Å². The Balaban J connectivity index is 1.91. The zero-order valence-electron chi connectivity index (χ0n) is 16.8. The number of rotatable bonds is 6. The van der Waals surface area contributed by atoms with Gasteiger partial charge in [0.25, 0.3) is 0 Å². The Labute approximate surface area is 181 Å². The minimum absolute atomic E-state index is 0.00998. The molecule has 5 nitrogen and oxygen atoms in total. The lowest BCUT2D eigenvalue weighted by molar-refractivity contribution is -0.136. The fourth-order valence-corrected chi connectivity index (χ4v) is 5.20. The number of benzene rings is 2. The first-order valence-electron chi connectivity index (χ1n) is 9.91. The van der Waals surface area contributed by atoms with Crippen LogP contribution in [0.2, 0.25) is 0 Å². The second-order valence-corrected chi connectivity index (χ2v) is 10.3. The molecule has 156 valence electrons. The highest BCUT2D eigenvalue weighted by atomic mass is 79.9. The number of hydrogen-bond acceptors (Lipinski definition) is 3. The van der Waals surface area contributed by atoms with Gasteiger partial charge in [0.1, 0.15) is 0 Å². The zero-order valence-corrected chi connectivity index (χ0v) is 19.2. The van der Waals surface area contributed by atoms with Crippen LogP contribution in [0.5, 0.6) is 0 Å². The van der Waals surface area contributed by atoms with E-state index in [-0.39, 0.29) is 10.8 Å². The molecule has 0 aromatic heterocycles. The number of aryl methyl sites for hydroxylation is 1. The van der Waals surface area contributed by atoms with Crippen molar-refractivity contribution in [2.24, 2.45) is 5.92 Å². The summed E-state index contributed by atoms with van der Waals surface area (Å²) >= 11 is 3.41. The van der Waals surface area contributed by atoms with E-state index in [1.165, 1.54) is 0 Å². The first-order chi connectivity index (χ1) is 13.8. The Morgan fingerprint density at radius 2 is 1.59 bits per heavy atom. The van der Waals surface area contributed by atoms with Gasteiger partial charge in [-0.2, -0.15) is 0 Å². The number of carbonyl (C=O) groups excluding carboxylic acids is 1. The van der Waals surface area contributed by atoms with Crippen LogP contribution in [0.15, 0.2) is 57.9 Å². The SMILES string of the molecule is Cc1ccc(S(=O)(=O)N[C@H](c2ccc(Br)cc2)[C@@H](C)C(=O)N2CCCCC2)cc1. The van der Waals surface area contributed by atoms with Crippen molar-refractivity contribution in [2.75, 3.05) is 13.1 Å². The van der Waals surface area contributed by atoms with E-state index in [9.17, 15) is 13.2 Å². The Bertz CT molecular complexity index is 937. The molecular weight excluding hydrogens is 452 g/mol. The monoisotopic (exact) mass is 478 g/mol. The number of sulfonamides is 1. The molecule has 0 unspecified atom stereocenters. The number of halogens is 1. The summed E-state index contributed by atoms with van der Waals surface area (Å²) in [7, 11) is -3.78. The summed E-state index contributed by atoms with van der Waals surface area (Å²) in [6.07, 6.45) is 3.13. The lowest BCUT2D eigenvalue weighted by Gasteiger charge is -2.32. The molecule has 1 amide bonds. The Morgan fingerprint density at radius 3 is 2.17 bits per heavy atom. The standard InChI is InChI=1S/C22H27BrN2O3S/c1-16-6-12-20(13-7-16)29(27,28)24-21(18-8-10-19(23)11-9-18)17(2)22(26)25-14-4-3-5-15-25/h6-13,17,21,24H,3-5,14-15H2,1-2H3/t17-,21+/m1/s1. The molecule has 29 heavy (non-hydrogen) atoms. The van der Waals surface area contributed by atoms with Crippen molar-refractivity contribution in [2.45, 2.75) is 44.0 Å². The third-order valence-electron chi connectivity index (χ3n) is 5.40. The molecule has 7 heteroatoms. The summed E-state index contributed by atoms with van der Waals surface area (Å²) in [4.78, 5) is 15.2. The molecular formula is C22H27BrN2O3S. The van der Waals surface area contributed by atoms with E-state index >= 15 is 0 Å². The average Bonchev–Trinajstić information content (AvgIpc) is 2.73. The van der Waals surface area contributed by atoms with Crippen LogP contribution in [0, 0.1) is 12.8 Å². The van der Waals surface area contributed by atoms with E-state index in [1.54, 1.807) is 31.2 Å². The molecule has 2 aromatic rings. The number of carbonyl (C=O) groups is 1. The maximum Gasteiger partial charge on any atom is 0.241 e. The number of nitrogens with zero attached hydrogens (tertiary/aromatic N) is 1.